The molecular weight excluding hydrogens is 454 g/mol. The maximum Gasteiger partial charge on any atom is 0.300 e. The second-order valence-corrected chi connectivity index (χ2v) is 9.47. The van der Waals surface area contributed by atoms with Gasteiger partial charge in [-0.25, -0.2) is 0 Å². The van der Waals surface area contributed by atoms with Crippen LogP contribution in [0.2, 0.25) is 0 Å². The molecule has 0 aliphatic carbocycles. The van der Waals surface area contributed by atoms with Crippen LogP contribution in [0.15, 0.2) is 84.4 Å². The number of nitrogens with zero attached hydrogens (tertiary/aromatic N) is 1. The van der Waals surface area contributed by atoms with Crippen LogP contribution in [0.1, 0.15) is 44.9 Å². The minimum atomic E-state index is -0.819. The largest absolute Gasteiger partial charge is 0.507 e. The number of hydrogen-bond acceptors (Lipinski definition) is 5. The lowest BCUT2D eigenvalue weighted by molar-refractivity contribution is -0.132. The molecule has 1 atom stereocenters. The molecule has 6 heteroatoms. The molecule has 1 heterocycles. The quantitative estimate of drug-likeness (QED) is 0.236. The zero-order valence-corrected chi connectivity index (χ0v) is 21.0. The molecule has 3 aromatic carbocycles. The lowest BCUT2D eigenvalue weighted by atomic mass is 9.95. The van der Waals surface area contributed by atoms with Crippen molar-refractivity contribution in [3.05, 3.63) is 95.6 Å². The van der Waals surface area contributed by atoms with E-state index in [1.165, 1.54) is 4.90 Å². The van der Waals surface area contributed by atoms with Crippen LogP contribution in [0.5, 0.6) is 11.5 Å². The number of ether oxygens (including phenoxy) is 2. The van der Waals surface area contributed by atoms with Gasteiger partial charge in [0.15, 0.2) is 0 Å². The number of carbonyl (C=O) groups excluding carboxylic acids is 2. The summed E-state index contributed by atoms with van der Waals surface area (Å²) in [6.07, 6.45) is -0.0443. The molecule has 0 bridgehead atoms. The highest BCUT2D eigenvalue weighted by Crippen LogP contribution is 2.42. The molecule has 4 rings (SSSR count). The summed E-state index contributed by atoms with van der Waals surface area (Å²) in [5.74, 6) is -0.00535. The maximum absolute atomic E-state index is 13.3. The van der Waals surface area contributed by atoms with Gasteiger partial charge in [-0.15, -0.1) is 0 Å². The number of benzene rings is 3. The Bertz CT molecular complexity index is 1260. The lowest BCUT2D eigenvalue weighted by Crippen LogP contribution is -2.29. The number of carbonyl (C=O) groups is 2. The predicted molar refractivity (Wildman–Crippen MR) is 140 cm³/mol. The number of para-hydroxylation sites is 1. The highest BCUT2D eigenvalue weighted by molar-refractivity contribution is 6.51. The molecule has 1 unspecified atom stereocenters. The Morgan fingerprint density at radius 1 is 0.889 bits per heavy atom. The number of aliphatic hydroxyl groups is 1. The van der Waals surface area contributed by atoms with Crippen LogP contribution >= 0.6 is 0 Å². The van der Waals surface area contributed by atoms with E-state index in [-0.39, 0.29) is 17.4 Å². The smallest absolute Gasteiger partial charge is 0.300 e. The van der Waals surface area contributed by atoms with Gasteiger partial charge in [0.2, 0.25) is 0 Å². The Morgan fingerprint density at radius 2 is 1.58 bits per heavy atom. The first-order valence-electron chi connectivity index (χ1n) is 12.1. The Labute approximate surface area is 211 Å². The third-order valence-electron chi connectivity index (χ3n) is 5.74. The normalized spacial score (nSPS) is 17.2. The van der Waals surface area contributed by atoms with E-state index in [0.717, 1.165) is 0 Å². The number of Topliss-reactive ketones (excluding diaryl/α,β-unsaturated/α-hetero) is 1. The molecule has 6 nitrogen and oxygen atoms in total. The zero-order chi connectivity index (χ0) is 25.8. The number of amides is 1. The van der Waals surface area contributed by atoms with E-state index in [1.807, 2.05) is 44.2 Å². The van der Waals surface area contributed by atoms with Gasteiger partial charge in [0.25, 0.3) is 11.7 Å². The van der Waals surface area contributed by atoms with Crippen LogP contribution in [0.3, 0.4) is 0 Å². The first kappa shape index (κ1) is 25.0. The molecule has 3 aromatic rings. The van der Waals surface area contributed by atoms with E-state index in [9.17, 15) is 14.7 Å². The van der Waals surface area contributed by atoms with Crippen LogP contribution in [0.4, 0.5) is 5.69 Å². The number of ketones is 1. The Balaban J connectivity index is 1.82. The summed E-state index contributed by atoms with van der Waals surface area (Å²) in [6.45, 7) is 8.55. The maximum atomic E-state index is 13.3. The summed E-state index contributed by atoms with van der Waals surface area (Å²) in [6, 6.07) is 22.3. The lowest BCUT2D eigenvalue weighted by Gasteiger charge is -2.26. The third kappa shape index (κ3) is 5.28. The summed E-state index contributed by atoms with van der Waals surface area (Å²) in [5.41, 5.74) is 1.69. The van der Waals surface area contributed by atoms with Gasteiger partial charge in [-0.05, 0) is 73.9 Å². The Hall–Kier alpha value is -4.06. The Kier molecular flexibility index (Phi) is 7.44. The van der Waals surface area contributed by atoms with Gasteiger partial charge in [0.05, 0.1) is 24.3 Å². The van der Waals surface area contributed by atoms with Gasteiger partial charge in [-0.3, -0.25) is 14.5 Å². The minimum absolute atomic E-state index is 0.0291. The van der Waals surface area contributed by atoms with E-state index in [4.69, 9.17) is 9.47 Å². The fraction of sp³-hybridized carbons (Fsp3) is 0.267. The van der Waals surface area contributed by atoms with E-state index >= 15 is 0 Å². The Morgan fingerprint density at radius 3 is 2.22 bits per heavy atom. The average molecular weight is 486 g/mol. The fourth-order valence-corrected chi connectivity index (χ4v) is 4.16. The molecule has 186 valence electrons. The molecule has 1 fully saturated rings. The molecule has 1 saturated heterocycles. The van der Waals surface area contributed by atoms with Gasteiger partial charge in [-0.1, -0.05) is 44.2 Å². The molecule has 1 aliphatic rings. The van der Waals surface area contributed by atoms with Gasteiger partial charge in [-0.2, -0.15) is 0 Å². The summed E-state index contributed by atoms with van der Waals surface area (Å²) >= 11 is 0. The van der Waals surface area contributed by atoms with Crippen molar-refractivity contribution in [3.63, 3.8) is 0 Å². The SMILES string of the molecule is CC(C)COc1ccc(/C(O)=C2/C(=O)C(=O)N(c3ccccc3)C2c2cccc(OC(C)C)c2)cc1. The number of rotatable bonds is 8. The first-order valence-corrected chi connectivity index (χ1v) is 12.1. The summed E-state index contributed by atoms with van der Waals surface area (Å²) in [5, 5.41) is 11.3. The molecule has 1 N–H and O–H groups in total. The molecule has 1 amide bonds. The summed E-state index contributed by atoms with van der Waals surface area (Å²) < 4.78 is 11.6. The molecule has 36 heavy (non-hydrogen) atoms. The van der Waals surface area contributed by atoms with E-state index in [2.05, 4.69) is 13.8 Å². The minimum Gasteiger partial charge on any atom is -0.507 e. The highest BCUT2D eigenvalue weighted by Gasteiger charge is 2.47. The number of anilines is 1. The van der Waals surface area contributed by atoms with Crippen molar-refractivity contribution < 1.29 is 24.2 Å². The molecule has 0 saturated carbocycles. The van der Waals surface area contributed by atoms with Crippen LogP contribution in [-0.4, -0.2) is 29.5 Å². The van der Waals surface area contributed by atoms with Crippen molar-refractivity contribution >= 4 is 23.1 Å². The summed E-state index contributed by atoms with van der Waals surface area (Å²) in [7, 11) is 0. The van der Waals surface area contributed by atoms with E-state index < -0.39 is 17.7 Å². The van der Waals surface area contributed by atoms with Crippen LogP contribution in [0.25, 0.3) is 5.76 Å². The molecule has 1 aliphatic heterocycles. The van der Waals surface area contributed by atoms with Crippen molar-refractivity contribution in [1.82, 2.24) is 0 Å². The van der Waals surface area contributed by atoms with Gasteiger partial charge >= 0.3 is 0 Å². The van der Waals surface area contributed by atoms with Gasteiger partial charge in [0, 0.05) is 11.3 Å². The second-order valence-electron chi connectivity index (χ2n) is 9.47. The van der Waals surface area contributed by atoms with Gasteiger partial charge < -0.3 is 14.6 Å². The molecule has 0 aromatic heterocycles. The van der Waals surface area contributed by atoms with E-state index in [1.54, 1.807) is 48.5 Å². The predicted octanol–water partition coefficient (Wildman–Crippen LogP) is 6.13. The third-order valence-corrected chi connectivity index (χ3v) is 5.74. The molecular formula is C30H31NO5. The van der Waals surface area contributed by atoms with Crippen molar-refractivity contribution in [2.45, 2.75) is 39.8 Å². The molecule has 0 spiro atoms. The van der Waals surface area contributed by atoms with Crippen molar-refractivity contribution in [2.24, 2.45) is 5.92 Å². The van der Waals surface area contributed by atoms with Crippen molar-refractivity contribution in [1.29, 1.82) is 0 Å². The summed E-state index contributed by atoms with van der Waals surface area (Å²) in [4.78, 5) is 28.0. The van der Waals surface area contributed by atoms with E-state index in [0.29, 0.717) is 40.8 Å². The standard InChI is InChI=1S/C30H31NO5/c1-19(2)18-35-24-15-13-21(14-16-24)28(32)26-27(22-9-8-12-25(17-22)36-20(3)4)31(30(34)29(26)33)23-10-6-5-7-11-23/h5-17,19-20,27,32H,18H2,1-4H3/b28-26-. The van der Waals surface area contributed by atoms with Crippen molar-refractivity contribution in [2.75, 3.05) is 11.5 Å². The van der Waals surface area contributed by atoms with Gasteiger partial charge in [0.1, 0.15) is 17.3 Å². The average Bonchev–Trinajstić information content (AvgIpc) is 3.13. The first-order chi connectivity index (χ1) is 17.3. The number of aliphatic hydroxyl groups excluding tert-OH is 1. The molecule has 0 radical (unpaired) electrons. The zero-order valence-electron chi connectivity index (χ0n) is 21.0. The van der Waals surface area contributed by atoms with Crippen LogP contribution in [-0.2, 0) is 9.59 Å². The van der Waals surface area contributed by atoms with Crippen molar-refractivity contribution in [3.8, 4) is 11.5 Å². The van der Waals surface area contributed by atoms with Crippen LogP contribution in [0, 0.1) is 5.92 Å². The topological polar surface area (TPSA) is 76.1 Å². The fourth-order valence-electron chi connectivity index (χ4n) is 4.16. The highest BCUT2D eigenvalue weighted by atomic mass is 16.5. The van der Waals surface area contributed by atoms with Crippen LogP contribution < -0.4 is 14.4 Å². The second kappa shape index (κ2) is 10.7. The monoisotopic (exact) mass is 485 g/mol. The number of hydrogen-bond donors (Lipinski definition) is 1.